The van der Waals surface area contributed by atoms with Gasteiger partial charge in [-0.15, -0.1) is 16.8 Å². The lowest BCUT2D eigenvalue weighted by Gasteiger charge is -2.21. The van der Waals surface area contributed by atoms with Crippen molar-refractivity contribution in [2.75, 3.05) is 11.1 Å². The number of anilines is 1. The van der Waals surface area contributed by atoms with Crippen LogP contribution in [0.25, 0.3) is 0 Å². The first-order chi connectivity index (χ1) is 18.5. The van der Waals surface area contributed by atoms with E-state index in [0.717, 1.165) is 11.8 Å². The molecule has 0 unspecified atom stereocenters. The lowest BCUT2D eigenvalue weighted by atomic mass is 10.0. The van der Waals surface area contributed by atoms with Gasteiger partial charge in [-0.3, -0.25) is 19.7 Å². The Morgan fingerprint density at radius 3 is 2.54 bits per heavy atom. The molecule has 3 rings (SSSR count). The van der Waals surface area contributed by atoms with E-state index in [0.29, 0.717) is 29.0 Å². The molecule has 1 heterocycles. The summed E-state index contributed by atoms with van der Waals surface area (Å²) >= 11 is 19.4. The van der Waals surface area contributed by atoms with E-state index in [1.807, 2.05) is 13.8 Å². The normalized spacial score (nSPS) is 11.7. The molecule has 2 N–H and O–H groups in total. The topological polar surface area (TPSA) is 132 Å². The molecule has 0 spiro atoms. The van der Waals surface area contributed by atoms with Gasteiger partial charge in [-0.1, -0.05) is 66.5 Å². The number of nitrogens with zero attached hydrogens (tertiary/aromatic N) is 4. The largest absolute Gasteiger partial charge is 0.342 e. The number of allylic oxidation sites excluding steroid dienone is 1. The number of carbonyl (C=O) groups excluding carboxylic acids is 2. The maximum absolute atomic E-state index is 13.1. The number of rotatable bonds is 12. The number of hydrogen-bond acceptors (Lipinski definition) is 7. The van der Waals surface area contributed by atoms with E-state index < -0.39 is 22.8 Å². The van der Waals surface area contributed by atoms with Crippen LogP contribution in [0.3, 0.4) is 0 Å². The van der Waals surface area contributed by atoms with E-state index >= 15 is 0 Å². The maximum atomic E-state index is 13.1. The number of nitro benzene ring substituents is 1. The standard InChI is InChI=1S/C25H25Cl3N6O4S/c1-4-9-33-23(21(10-14(2)3)30-24(36)17-7-5-15(26)11-19(17)28)31-32-25(33)39-13-22(35)29-20-12-16(34(37)38)6-8-18(20)27/h4-8,11-12,14,21H,1,9-10,13H2,2-3H3,(H,29,35)(H,30,36)/t21-/m1/s1. The third-order valence-electron chi connectivity index (χ3n) is 5.32. The average molecular weight is 612 g/mol. The van der Waals surface area contributed by atoms with Crippen LogP contribution in [0, 0.1) is 16.0 Å². The first-order valence-electron chi connectivity index (χ1n) is 11.7. The molecule has 2 aromatic carbocycles. The minimum absolute atomic E-state index is 0.0735. The monoisotopic (exact) mass is 610 g/mol. The van der Waals surface area contributed by atoms with Crippen LogP contribution < -0.4 is 10.6 Å². The summed E-state index contributed by atoms with van der Waals surface area (Å²) in [5, 5.41) is 26.4. The van der Waals surface area contributed by atoms with Crippen molar-refractivity contribution in [3.8, 4) is 0 Å². The number of halogens is 3. The molecular weight excluding hydrogens is 587 g/mol. The first kappa shape index (κ1) is 30.4. The second kappa shape index (κ2) is 13.8. The molecule has 206 valence electrons. The molecule has 10 nitrogen and oxygen atoms in total. The molecule has 0 radical (unpaired) electrons. The molecule has 1 atom stereocenters. The molecule has 1 aromatic heterocycles. The number of nitro groups is 1. The minimum Gasteiger partial charge on any atom is -0.342 e. The van der Waals surface area contributed by atoms with Gasteiger partial charge in [-0.05, 0) is 36.6 Å². The van der Waals surface area contributed by atoms with Crippen LogP contribution in [0.1, 0.15) is 42.5 Å². The predicted molar refractivity (Wildman–Crippen MR) is 154 cm³/mol. The van der Waals surface area contributed by atoms with Crippen molar-refractivity contribution in [2.45, 2.75) is 38.0 Å². The number of thioether (sulfide) groups is 1. The molecular formula is C25H25Cl3N6O4S. The average Bonchev–Trinajstić information content (AvgIpc) is 3.25. The fraction of sp³-hybridized carbons (Fsp3) is 0.280. The van der Waals surface area contributed by atoms with Crippen LogP contribution in [0.2, 0.25) is 15.1 Å². The molecule has 0 aliphatic rings. The number of amides is 2. The zero-order valence-electron chi connectivity index (χ0n) is 21.0. The van der Waals surface area contributed by atoms with Gasteiger partial charge in [0, 0.05) is 23.7 Å². The van der Waals surface area contributed by atoms with Gasteiger partial charge in [0.1, 0.15) is 0 Å². The molecule has 0 saturated carbocycles. The highest BCUT2D eigenvalue weighted by atomic mass is 35.5. The van der Waals surface area contributed by atoms with E-state index in [1.165, 1.54) is 24.3 Å². The van der Waals surface area contributed by atoms with Crippen LogP contribution in [-0.2, 0) is 11.3 Å². The first-order valence-corrected chi connectivity index (χ1v) is 13.8. The van der Waals surface area contributed by atoms with Gasteiger partial charge in [0.25, 0.3) is 11.6 Å². The van der Waals surface area contributed by atoms with Crippen molar-refractivity contribution in [1.82, 2.24) is 20.1 Å². The Labute approximate surface area is 244 Å². The number of non-ortho nitro benzene ring substituents is 1. The van der Waals surface area contributed by atoms with E-state index in [2.05, 4.69) is 27.4 Å². The summed E-state index contributed by atoms with van der Waals surface area (Å²) in [7, 11) is 0. The summed E-state index contributed by atoms with van der Waals surface area (Å²) in [6.07, 6.45) is 2.22. The van der Waals surface area contributed by atoms with Gasteiger partial charge in [-0.2, -0.15) is 0 Å². The van der Waals surface area contributed by atoms with Crippen molar-refractivity contribution >= 4 is 69.8 Å². The Bertz CT molecular complexity index is 1400. The molecule has 14 heteroatoms. The zero-order valence-corrected chi connectivity index (χ0v) is 24.1. The Morgan fingerprint density at radius 1 is 1.15 bits per heavy atom. The highest BCUT2D eigenvalue weighted by molar-refractivity contribution is 7.99. The van der Waals surface area contributed by atoms with Crippen molar-refractivity contribution < 1.29 is 14.5 Å². The summed E-state index contributed by atoms with van der Waals surface area (Å²) in [5.41, 5.74) is 0.205. The molecule has 0 bridgehead atoms. The van der Waals surface area contributed by atoms with Gasteiger partial charge < -0.3 is 15.2 Å². The summed E-state index contributed by atoms with van der Waals surface area (Å²) in [6, 6.07) is 7.90. The third kappa shape index (κ3) is 8.18. The minimum atomic E-state index is -0.576. The molecule has 0 saturated heterocycles. The number of carbonyl (C=O) groups is 2. The zero-order chi connectivity index (χ0) is 28.7. The van der Waals surface area contributed by atoms with Gasteiger partial charge in [0.15, 0.2) is 11.0 Å². The van der Waals surface area contributed by atoms with Crippen molar-refractivity contribution in [3.63, 3.8) is 0 Å². The Kier molecular flexibility index (Phi) is 10.8. The summed E-state index contributed by atoms with van der Waals surface area (Å²) in [5.74, 6) is -0.215. The lowest BCUT2D eigenvalue weighted by Crippen LogP contribution is -2.32. The second-order valence-electron chi connectivity index (χ2n) is 8.78. The molecule has 2 amide bonds. The lowest BCUT2D eigenvalue weighted by molar-refractivity contribution is -0.384. The van der Waals surface area contributed by atoms with Gasteiger partial charge in [0.2, 0.25) is 5.91 Å². The highest BCUT2D eigenvalue weighted by Crippen LogP contribution is 2.29. The van der Waals surface area contributed by atoms with Crippen LogP contribution >= 0.6 is 46.6 Å². The number of aromatic nitrogens is 3. The fourth-order valence-corrected chi connectivity index (χ4v) is 5.03. The number of benzene rings is 2. The van der Waals surface area contributed by atoms with Crippen LogP contribution in [-0.4, -0.2) is 37.3 Å². The van der Waals surface area contributed by atoms with Gasteiger partial charge in [0.05, 0.1) is 38.0 Å². The quantitative estimate of drug-likeness (QED) is 0.102. The van der Waals surface area contributed by atoms with Gasteiger partial charge >= 0.3 is 0 Å². The third-order valence-corrected chi connectivity index (χ3v) is 7.17. The predicted octanol–water partition coefficient (Wildman–Crippen LogP) is 6.58. The SMILES string of the molecule is C=CCn1c(SCC(=O)Nc2cc([N+](=O)[O-])ccc2Cl)nnc1[C@@H](CC(C)C)NC(=O)c1ccc(Cl)cc1Cl. The van der Waals surface area contributed by atoms with Crippen molar-refractivity contribution in [2.24, 2.45) is 5.92 Å². The Hall–Kier alpha value is -3.12. The van der Waals surface area contributed by atoms with E-state index in [4.69, 9.17) is 34.8 Å². The number of nitrogens with one attached hydrogen (secondary N) is 2. The summed E-state index contributed by atoms with van der Waals surface area (Å²) in [6.45, 7) is 8.16. The van der Waals surface area contributed by atoms with E-state index in [9.17, 15) is 19.7 Å². The van der Waals surface area contributed by atoms with Crippen molar-refractivity contribution in [1.29, 1.82) is 0 Å². The van der Waals surface area contributed by atoms with Crippen LogP contribution in [0.4, 0.5) is 11.4 Å². The second-order valence-corrected chi connectivity index (χ2v) is 11.0. The van der Waals surface area contributed by atoms with Crippen LogP contribution in [0.5, 0.6) is 0 Å². The maximum Gasteiger partial charge on any atom is 0.271 e. The molecule has 39 heavy (non-hydrogen) atoms. The Morgan fingerprint density at radius 2 is 1.90 bits per heavy atom. The molecule has 0 aliphatic carbocycles. The molecule has 3 aromatic rings. The summed E-state index contributed by atoms with van der Waals surface area (Å²) in [4.78, 5) is 36.2. The van der Waals surface area contributed by atoms with E-state index in [1.54, 1.807) is 22.8 Å². The Balaban J connectivity index is 1.79. The van der Waals surface area contributed by atoms with Crippen LogP contribution in [0.15, 0.2) is 54.2 Å². The summed E-state index contributed by atoms with van der Waals surface area (Å²) < 4.78 is 1.77. The number of hydrogen-bond donors (Lipinski definition) is 2. The highest BCUT2D eigenvalue weighted by Gasteiger charge is 2.25. The fourth-order valence-electron chi connectivity index (χ4n) is 3.61. The molecule has 0 aliphatic heterocycles. The van der Waals surface area contributed by atoms with Crippen molar-refractivity contribution in [3.05, 3.63) is 85.6 Å². The smallest absolute Gasteiger partial charge is 0.271 e. The molecule has 0 fully saturated rings. The van der Waals surface area contributed by atoms with E-state index in [-0.39, 0.29) is 38.7 Å². The van der Waals surface area contributed by atoms with Gasteiger partial charge in [-0.25, -0.2) is 0 Å².